The van der Waals surface area contributed by atoms with E-state index in [1.807, 2.05) is 0 Å². The zero-order valence-electron chi connectivity index (χ0n) is 11.0. The first-order valence-electron chi connectivity index (χ1n) is 6.09. The minimum absolute atomic E-state index is 0.269. The average Bonchev–Trinajstić information content (AvgIpc) is 2.87. The molecule has 21 heavy (non-hydrogen) atoms. The molecule has 5 nitrogen and oxygen atoms in total. The fourth-order valence-corrected chi connectivity index (χ4v) is 2.34. The van der Waals surface area contributed by atoms with Crippen molar-refractivity contribution in [2.75, 3.05) is 0 Å². The molecule has 0 spiro atoms. The number of hydrogen-bond donors (Lipinski definition) is 1. The molecule has 0 aliphatic rings. The number of aromatic amines is 1. The molecule has 0 saturated heterocycles. The van der Waals surface area contributed by atoms with Crippen molar-refractivity contribution < 1.29 is 0 Å². The quantitative estimate of drug-likeness (QED) is 0.789. The average molecular weight is 321 g/mol. The van der Waals surface area contributed by atoms with Crippen molar-refractivity contribution in [1.82, 2.24) is 19.7 Å². The van der Waals surface area contributed by atoms with Gasteiger partial charge in [0.25, 0.3) is 5.56 Å². The van der Waals surface area contributed by atoms with Crippen LogP contribution < -0.4 is 5.56 Å². The Labute approximate surface area is 130 Å². The molecule has 0 fully saturated rings. The Balaban J connectivity index is 2.18. The summed E-state index contributed by atoms with van der Waals surface area (Å²) in [6.45, 7) is 0. The number of hydrogen-bond acceptors (Lipinski definition) is 3. The van der Waals surface area contributed by atoms with Gasteiger partial charge >= 0.3 is 0 Å². The van der Waals surface area contributed by atoms with Crippen LogP contribution in [0.25, 0.3) is 22.6 Å². The van der Waals surface area contributed by atoms with Gasteiger partial charge in [0, 0.05) is 35.5 Å². The summed E-state index contributed by atoms with van der Waals surface area (Å²) in [4.78, 5) is 19.0. The molecule has 0 bridgehead atoms. The molecule has 0 aliphatic heterocycles. The molecular weight excluding hydrogens is 311 g/mol. The molecule has 3 rings (SSSR count). The molecule has 1 N–H and O–H groups in total. The van der Waals surface area contributed by atoms with Crippen LogP contribution >= 0.6 is 23.2 Å². The third kappa shape index (κ3) is 2.84. The van der Waals surface area contributed by atoms with Gasteiger partial charge in [-0.2, -0.15) is 5.10 Å². The lowest BCUT2D eigenvalue weighted by Gasteiger charge is -2.05. The van der Waals surface area contributed by atoms with Crippen LogP contribution in [0.3, 0.4) is 0 Å². The van der Waals surface area contributed by atoms with Gasteiger partial charge in [-0.05, 0) is 18.2 Å². The minimum Gasteiger partial charge on any atom is -0.306 e. The minimum atomic E-state index is -0.269. The highest BCUT2D eigenvalue weighted by Crippen LogP contribution is 2.28. The molecule has 0 unspecified atom stereocenters. The third-order valence-corrected chi connectivity index (χ3v) is 3.49. The van der Waals surface area contributed by atoms with Crippen molar-refractivity contribution in [3.05, 3.63) is 57.1 Å². The zero-order chi connectivity index (χ0) is 15.0. The van der Waals surface area contributed by atoms with Crippen LogP contribution in [0.15, 0.2) is 41.5 Å². The van der Waals surface area contributed by atoms with Crippen LogP contribution in [-0.2, 0) is 7.05 Å². The van der Waals surface area contributed by atoms with Crippen molar-refractivity contribution >= 4 is 23.2 Å². The first kappa shape index (κ1) is 13.9. The topological polar surface area (TPSA) is 63.6 Å². The number of H-pyrrole nitrogens is 1. The van der Waals surface area contributed by atoms with E-state index < -0.39 is 0 Å². The fourth-order valence-electron chi connectivity index (χ4n) is 1.97. The number of benzene rings is 1. The largest absolute Gasteiger partial charge is 0.306 e. The first-order valence-corrected chi connectivity index (χ1v) is 6.84. The SMILES string of the molecule is Cn1cc(-c2cc(=O)[nH]c(-c3cc(Cl)ccc3Cl)n2)cn1. The second-order valence-corrected chi connectivity index (χ2v) is 5.35. The fraction of sp³-hybridized carbons (Fsp3) is 0.0714. The van der Waals surface area contributed by atoms with E-state index in [2.05, 4.69) is 15.1 Å². The summed E-state index contributed by atoms with van der Waals surface area (Å²) in [7, 11) is 1.80. The van der Waals surface area contributed by atoms with E-state index in [-0.39, 0.29) is 5.56 Å². The molecule has 0 radical (unpaired) electrons. The van der Waals surface area contributed by atoms with Crippen LogP contribution in [-0.4, -0.2) is 19.7 Å². The highest BCUT2D eigenvalue weighted by Gasteiger charge is 2.11. The Hall–Kier alpha value is -2.11. The Morgan fingerprint density at radius 2 is 2.05 bits per heavy atom. The molecule has 0 aliphatic carbocycles. The van der Waals surface area contributed by atoms with Gasteiger partial charge < -0.3 is 4.98 Å². The van der Waals surface area contributed by atoms with Crippen LogP contribution in [0.2, 0.25) is 10.0 Å². The van der Waals surface area contributed by atoms with Gasteiger partial charge in [0.05, 0.1) is 16.9 Å². The van der Waals surface area contributed by atoms with E-state index in [0.717, 1.165) is 5.56 Å². The summed E-state index contributed by atoms with van der Waals surface area (Å²) in [5, 5.41) is 5.06. The van der Waals surface area contributed by atoms with Crippen LogP contribution in [0.4, 0.5) is 0 Å². The first-order chi connectivity index (χ1) is 10.0. The number of aryl methyl sites for hydroxylation is 1. The highest BCUT2D eigenvalue weighted by molar-refractivity contribution is 6.35. The van der Waals surface area contributed by atoms with E-state index >= 15 is 0 Å². The van der Waals surface area contributed by atoms with Gasteiger partial charge in [-0.3, -0.25) is 9.48 Å². The Bertz CT molecular complexity index is 869. The molecule has 2 aromatic heterocycles. The molecule has 0 amide bonds. The summed E-state index contributed by atoms with van der Waals surface area (Å²) in [6.07, 6.45) is 3.43. The normalized spacial score (nSPS) is 10.8. The number of halogens is 2. The number of nitrogens with one attached hydrogen (secondary N) is 1. The summed E-state index contributed by atoms with van der Waals surface area (Å²) in [5.74, 6) is 0.369. The van der Waals surface area contributed by atoms with E-state index in [9.17, 15) is 4.79 Å². The maximum Gasteiger partial charge on any atom is 0.251 e. The van der Waals surface area contributed by atoms with Gasteiger partial charge in [0.1, 0.15) is 5.82 Å². The lowest BCUT2D eigenvalue weighted by atomic mass is 10.2. The molecule has 1 aromatic carbocycles. The van der Waals surface area contributed by atoms with Crippen molar-refractivity contribution in [2.24, 2.45) is 7.05 Å². The monoisotopic (exact) mass is 320 g/mol. The van der Waals surface area contributed by atoms with Crippen molar-refractivity contribution in [3.8, 4) is 22.6 Å². The van der Waals surface area contributed by atoms with Gasteiger partial charge in [0.15, 0.2) is 0 Å². The summed E-state index contributed by atoms with van der Waals surface area (Å²) < 4.78 is 1.64. The predicted octanol–water partition coefficient (Wildman–Crippen LogP) is 3.14. The maximum atomic E-state index is 11.9. The van der Waals surface area contributed by atoms with E-state index in [1.54, 1.807) is 42.3 Å². The molecule has 106 valence electrons. The number of nitrogens with zero attached hydrogens (tertiary/aromatic N) is 3. The van der Waals surface area contributed by atoms with Crippen molar-refractivity contribution in [1.29, 1.82) is 0 Å². The molecule has 0 atom stereocenters. The summed E-state index contributed by atoms with van der Waals surface area (Å²) in [5.41, 5.74) is 1.59. The van der Waals surface area contributed by atoms with Gasteiger partial charge in [-0.15, -0.1) is 0 Å². The molecule has 0 saturated carbocycles. The van der Waals surface area contributed by atoms with E-state index in [1.165, 1.54) is 6.07 Å². The van der Waals surface area contributed by atoms with Gasteiger partial charge in [0.2, 0.25) is 0 Å². The summed E-state index contributed by atoms with van der Waals surface area (Å²) in [6, 6.07) is 6.42. The lowest BCUT2D eigenvalue weighted by molar-refractivity contribution is 0.768. The number of aromatic nitrogens is 4. The van der Waals surface area contributed by atoms with Gasteiger partial charge in [-0.1, -0.05) is 23.2 Å². The van der Waals surface area contributed by atoms with Crippen molar-refractivity contribution in [2.45, 2.75) is 0 Å². The van der Waals surface area contributed by atoms with Crippen LogP contribution in [0, 0.1) is 0 Å². The maximum absolute atomic E-state index is 11.9. The lowest BCUT2D eigenvalue weighted by Crippen LogP contribution is -2.08. The zero-order valence-corrected chi connectivity index (χ0v) is 12.5. The van der Waals surface area contributed by atoms with E-state index in [4.69, 9.17) is 23.2 Å². The van der Waals surface area contributed by atoms with Crippen LogP contribution in [0.1, 0.15) is 0 Å². The van der Waals surface area contributed by atoms with E-state index in [0.29, 0.717) is 27.1 Å². The molecule has 7 heteroatoms. The molecule has 3 aromatic rings. The predicted molar refractivity (Wildman–Crippen MR) is 82.5 cm³/mol. The Morgan fingerprint density at radius 3 is 2.76 bits per heavy atom. The standard InChI is InChI=1S/C14H10Cl2N4O/c1-20-7-8(6-17-20)12-5-13(21)19-14(18-12)10-4-9(15)2-3-11(10)16/h2-7H,1H3,(H,18,19,21). The second-order valence-electron chi connectivity index (χ2n) is 4.51. The molecule has 2 heterocycles. The number of rotatable bonds is 2. The Morgan fingerprint density at radius 1 is 1.24 bits per heavy atom. The highest BCUT2D eigenvalue weighted by atomic mass is 35.5. The molecular formula is C14H10Cl2N4O. The summed E-state index contributed by atoms with van der Waals surface area (Å²) >= 11 is 12.1. The van der Waals surface area contributed by atoms with Gasteiger partial charge in [-0.25, -0.2) is 4.98 Å². The van der Waals surface area contributed by atoms with Crippen molar-refractivity contribution in [3.63, 3.8) is 0 Å². The second kappa shape index (κ2) is 5.35. The third-order valence-electron chi connectivity index (χ3n) is 2.93. The smallest absolute Gasteiger partial charge is 0.251 e. The Kier molecular flexibility index (Phi) is 3.53. The van der Waals surface area contributed by atoms with Crippen LogP contribution in [0.5, 0.6) is 0 Å².